The second-order valence-electron chi connectivity index (χ2n) is 4.37. The summed E-state index contributed by atoms with van der Waals surface area (Å²) in [6, 6.07) is 11.0. The van der Waals surface area contributed by atoms with E-state index in [1.165, 1.54) is 11.3 Å². The Balaban J connectivity index is 2.16. The van der Waals surface area contributed by atoms with Crippen LogP contribution >= 0.6 is 11.3 Å². The maximum Gasteiger partial charge on any atom is 0.265 e. The van der Waals surface area contributed by atoms with E-state index in [1.54, 1.807) is 19.2 Å². The van der Waals surface area contributed by atoms with Crippen molar-refractivity contribution >= 4 is 28.8 Å². The Labute approximate surface area is 121 Å². The quantitative estimate of drug-likeness (QED) is 0.908. The van der Waals surface area contributed by atoms with Gasteiger partial charge in [-0.3, -0.25) is 9.59 Å². The number of likely N-dealkylation sites (N-methyl/N-ethyl adjacent to an activating group) is 1. The monoisotopic (exact) mass is 288 g/mol. The number of carbonyl (C=O) groups is 2. The standard InChI is InChI=1S/C15H16N2O2S/c1-10-7-8-13(20-10)15(19)17-12-6-4-3-5-11(12)9-14(18)16-2/h3-8H,9H2,1-2H3,(H,16,18)(H,17,19). The molecular weight excluding hydrogens is 272 g/mol. The first-order valence-corrected chi connectivity index (χ1v) is 7.08. The van der Waals surface area contributed by atoms with Crippen LogP contribution in [0.15, 0.2) is 36.4 Å². The third-order valence-corrected chi connectivity index (χ3v) is 3.86. The van der Waals surface area contributed by atoms with Gasteiger partial charge in [0.05, 0.1) is 11.3 Å². The summed E-state index contributed by atoms with van der Waals surface area (Å²) >= 11 is 1.45. The fourth-order valence-electron chi connectivity index (χ4n) is 1.80. The van der Waals surface area contributed by atoms with Gasteiger partial charge in [0.15, 0.2) is 0 Å². The molecule has 0 fully saturated rings. The fourth-order valence-corrected chi connectivity index (χ4v) is 2.56. The van der Waals surface area contributed by atoms with Crippen LogP contribution in [0.4, 0.5) is 5.69 Å². The minimum atomic E-state index is -0.146. The van der Waals surface area contributed by atoms with Crippen LogP contribution in [0.2, 0.25) is 0 Å². The zero-order chi connectivity index (χ0) is 14.5. The van der Waals surface area contributed by atoms with Crippen LogP contribution in [-0.2, 0) is 11.2 Å². The van der Waals surface area contributed by atoms with Gasteiger partial charge in [0.25, 0.3) is 5.91 Å². The van der Waals surface area contributed by atoms with Crippen molar-refractivity contribution in [3.8, 4) is 0 Å². The summed E-state index contributed by atoms with van der Waals surface area (Å²) in [7, 11) is 1.60. The lowest BCUT2D eigenvalue weighted by Crippen LogP contribution is -2.21. The molecule has 20 heavy (non-hydrogen) atoms. The molecule has 0 spiro atoms. The van der Waals surface area contributed by atoms with Gasteiger partial charge in [0.2, 0.25) is 5.91 Å². The van der Waals surface area contributed by atoms with Crippen molar-refractivity contribution in [3.05, 3.63) is 51.7 Å². The van der Waals surface area contributed by atoms with E-state index < -0.39 is 0 Å². The normalized spacial score (nSPS) is 10.1. The van der Waals surface area contributed by atoms with Crippen LogP contribution in [0, 0.1) is 6.92 Å². The fraction of sp³-hybridized carbons (Fsp3) is 0.200. The minimum absolute atomic E-state index is 0.0846. The molecule has 5 heteroatoms. The summed E-state index contributed by atoms with van der Waals surface area (Å²) in [6.07, 6.45) is 0.246. The van der Waals surface area contributed by atoms with Gasteiger partial charge < -0.3 is 10.6 Å². The molecular formula is C15H16N2O2S. The molecule has 0 bridgehead atoms. The number of benzene rings is 1. The summed E-state index contributed by atoms with van der Waals surface area (Å²) in [5.41, 5.74) is 1.47. The van der Waals surface area contributed by atoms with Crippen LogP contribution < -0.4 is 10.6 Å². The summed E-state index contributed by atoms with van der Waals surface area (Å²) in [4.78, 5) is 25.4. The second-order valence-corrected chi connectivity index (χ2v) is 5.66. The van der Waals surface area contributed by atoms with E-state index >= 15 is 0 Å². The Kier molecular flexibility index (Phi) is 4.53. The maximum atomic E-state index is 12.1. The van der Waals surface area contributed by atoms with Crippen molar-refractivity contribution in [2.75, 3.05) is 12.4 Å². The Morgan fingerprint density at radius 3 is 2.55 bits per heavy atom. The number of aryl methyl sites for hydroxylation is 1. The second kappa shape index (κ2) is 6.34. The molecule has 104 valence electrons. The minimum Gasteiger partial charge on any atom is -0.359 e. The number of para-hydroxylation sites is 1. The highest BCUT2D eigenvalue weighted by Gasteiger charge is 2.12. The zero-order valence-corrected chi connectivity index (χ0v) is 12.2. The number of carbonyl (C=O) groups excluding carboxylic acids is 2. The van der Waals surface area contributed by atoms with Crippen LogP contribution in [0.5, 0.6) is 0 Å². The molecule has 1 aromatic carbocycles. The molecule has 0 saturated carbocycles. The van der Waals surface area contributed by atoms with Gasteiger partial charge in [-0.1, -0.05) is 18.2 Å². The predicted molar refractivity (Wildman–Crippen MR) is 81.2 cm³/mol. The van der Waals surface area contributed by atoms with Crippen molar-refractivity contribution in [1.82, 2.24) is 5.32 Å². The molecule has 0 aliphatic rings. The topological polar surface area (TPSA) is 58.2 Å². The molecule has 0 atom stereocenters. The number of anilines is 1. The molecule has 1 heterocycles. The van der Waals surface area contributed by atoms with E-state index in [9.17, 15) is 9.59 Å². The smallest absolute Gasteiger partial charge is 0.265 e. The number of nitrogens with one attached hydrogen (secondary N) is 2. The molecule has 1 aromatic heterocycles. The highest BCUT2D eigenvalue weighted by atomic mass is 32.1. The average molecular weight is 288 g/mol. The highest BCUT2D eigenvalue weighted by molar-refractivity contribution is 7.14. The van der Waals surface area contributed by atoms with Gasteiger partial charge in [-0.15, -0.1) is 11.3 Å². The molecule has 0 aliphatic carbocycles. The summed E-state index contributed by atoms with van der Waals surface area (Å²) in [5, 5.41) is 5.44. The molecule has 2 amide bonds. The largest absolute Gasteiger partial charge is 0.359 e. The van der Waals surface area contributed by atoms with Crippen molar-refractivity contribution in [1.29, 1.82) is 0 Å². The summed E-state index contributed by atoms with van der Waals surface area (Å²) < 4.78 is 0. The lowest BCUT2D eigenvalue weighted by atomic mass is 10.1. The molecule has 0 unspecified atom stereocenters. The Morgan fingerprint density at radius 2 is 1.90 bits per heavy atom. The first kappa shape index (κ1) is 14.3. The molecule has 2 aromatic rings. The number of amides is 2. The molecule has 0 saturated heterocycles. The lowest BCUT2D eigenvalue weighted by molar-refractivity contribution is -0.119. The van der Waals surface area contributed by atoms with Gasteiger partial charge in [-0.05, 0) is 30.7 Å². The van der Waals surface area contributed by atoms with E-state index in [1.807, 2.05) is 31.2 Å². The lowest BCUT2D eigenvalue weighted by Gasteiger charge is -2.09. The van der Waals surface area contributed by atoms with Crippen LogP contribution in [-0.4, -0.2) is 18.9 Å². The number of hydrogen-bond acceptors (Lipinski definition) is 3. The van der Waals surface area contributed by atoms with E-state index in [2.05, 4.69) is 10.6 Å². The van der Waals surface area contributed by atoms with Gasteiger partial charge >= 0.3 is 0 Å². The van der Waals surface area contributed by atoms with Gasteiger partial charge in [-0.2, -0.15) is 0 Å². The number of hydrogen-bond donors (Lipinski definition) is 2. The number of thiophene rings is 1. The molecule has 2 N–H and O–H groups in total. The maximum absolute atomic E-state index is 12.1. The van der Waals surface area contributed by atoms with Crippen molar-refractivity contribution < 1.29 is 9.59 Å². The SMILES string of the molecule is CNC(=O)Cc1ccccc1NC(=O)c1ccc(C)s1. The molecule has 4 nitrogen and oxygen atoms in total. The molecule has 0 radical (unpaired) electrons. The van der Waals surface area contributed by atoms with Crippen molar-refractivity contribution in [3.63, 3.8) is 0 Å². The van der Waals surface area contributed by atoms with Crippen LogP contribution in [0.1, 0.15) is 20.1 Å². The van der Waals surface area contributed by atoms with Crippen molar-refractivity contribution in [2.24, 2.45) is 0 Å². The van der Waals surface area contributed by atoms with Crippen LogP contribution in [0.25, 0.3) is 0 Å². The zero-order valence-electron chi connectivity index (χ0n) is 11.4. The average Bonchev–Trinajstić information content (AvgIpc) is 2.87. The number of rotatable bonds is 4. The Bertz CT molecular complexity index is 634. The van der Waals surface area contributed by atoms with Gasteiger partial charge in [0, 0.05) is 17.6 Å². The Morgan fingerprint density at radius 1 is 1.15 bits per heavy atom. The van der Waals surface area contributed by atoms with E-state index in [0.29, 0.717) is 10.6 Å². The first-order chi connectivity index (χ1) is 9.60. The predicted octanol–water partition coefficient (Wildman–Crippen LogP) is 2.60. The molecule has 2 rings (SSSR count). The summed E-state index contributed by atoms with van der Waals surface area (Å²) in [6.45, 7) is 1.96. The van der Waals surface area contributed by atoms with Gasteiger partial charge in [-0.25, -0.2) is 0 Å². The third-order valence-electron chi connectivity index (χ3n) is 2.86. The van der Waals surface area contributed by atoms with E-state index in [4.69, 9.17) is 0 Å². The molecule has 0 aliphatic heterocycles. The van der Waals surface area contributed by atoms with E-state index in [-0.39, 0.29) is 18.2 Å². The third kappa shape index (κ3) is 3.45. The highest BCUT2D eigenvalue weighted by Crippen LogP contribution is 2.20. The van der Waals surface area contributed by atoms with Crippen molar-refractivity contribution in [2.45, 2.75) is 13.3 Å². The van der Waals surface area contributed by atoms with E-state index in [0.717, 1.165) is 10.4 Å². The Hall–Kier alpha value is -2.14. The first-order valence-electron chi connectivity index (χ1n) is 6.26. The van der Waals surface area contributed by atoms with Gasteiger partial charge in [0.1, 0.15) is 0 Å². The van der Waals surface area contributed by atoms with Crippen LogP contribution in [0.3, 0.4) is 0 Å². The summed E-state index contributed by atoms with van der Waals surface area (Å²) in [5.74, 6) is -0.230.